The number of carbonyl (C=O) groups excluding carboxylic acids is 3. The lowest BCUT2D eigenvalue weighted by molar-refractivity contribution is -0.131. The fourth-order valence-electron chi connectivity index (χ4n) is 14.4. The highest BCUT2D eigenvalue weighted by atomic mass is 32.2. The highest BCUT2D eigenvalue weighted by Gasteiger charge is 2.41. The molecule has 2 saturated heterocycles. The number of hydrogen-bond acceptors (Lipinski definition) is 13. The molecule has 16 nitrogen and oxygen atoms in total. The van der Waals surface area contributed by atoms with E-state index in [0.29, 0.717) is 42.4 Å². The first kappa shape index (κ1) is 74.6. The number of aryl methyl sites for hydroxylation is 1. The van der Waals surface area contributed by atoms with Crippen LogP contribution in [0.15, 0.2) is 230 Å². The quantitative estimate of drug-likeness (QED) is 0.0254. The third kappa shape index (κ3) is 21.8. The summed E-state index contributed by atoms with van der Waals surface area (Å²) in [6.45, 7) is 13.2. The van der Waals surface area contributed by atoms with Crippen LogP contribution >= 0.6 is 0 Å². The van der Waals surface area contributed by atoms with Crippen LogP contribution in [-0.4, -0.2) is 138 Å². The van der Waals surface area contributed by atoms with Gasteiger partial charge in [0.2, 0.25) is 5.91 Å². The molecule has 7 aromatic carbocycles. The summed E-state index contributed by atoms with van der Waals surface area (Å²) in [6, 6.07) is 66.7. The number of Topliss-reactive ketones (excluding diaryl/α,β-unsaturated/α-hetero) is 1. The zero-order chi connectivity index (χ0) is 72.4. The highest BCUT2D eigenvalue weighted by Crippen LogP contribution is 2.43. The first-order valence-corrected chi connectivity index (χ1v) is 38.9. The minimum absolute atomic E-state index is 0.121. The van der Waals surface area contributed by atoms with Crippen molar-refractivity contribution in [2.75, 3.05) is 65.1 Å². The fraction of sp³-hybridized carbons (Fsp3) is 0.379. The molecule has 104 heavy (non-hydrogen) atoms. The molecule has 6 aliphatic rings. The number of piperidine rings is 1. The summed E-state index contributed by atoms with van der Waals surface area (Å²) in [7, 11) is 0.184. The van der Waals surface area contributed by atoms with Gasteiger partial charge in [0, 0.05) is 124 Å². The van der Waals surface area contributed by atoms with E-state index in [1.54, 1.807) is 60.3 Å². The molecule has 0 radical (unpaired) electrons. The number of likely N-dealkylation sites (tertiary alicyclic amines) is 1. The second-order valence-electron chi connectivity index (χ2n) is 29.5. The number of nitrogen functional groups attached to an aromatic ring is 1. The van der Waals surface area contributed by atoms with E-state index < -0.39 is 10.0 Å². The summed E-state index contributed by atoms with van der Waals surface area (Å²) in [5, 5.41) is 15.2. The topological polar surface area (TPSA) is 189 Å². The Morgan fingerprint density at radius 1 is 0.606 bits per heavy atom. The molecule has 17 heteroatoms. The molecule has 2 aliphatic heterocycles. The van der Waals surface area contributed by atoms with Crippen molar-refractivity contribution in [1.29, 1.82) is 0 Å². The van der Waals surface area contributed by atoms with Crippen LogP contribution in [0.4, 0.5) is 5.69 Å². The Kier molecular flexibility index (Phi) is 25.9. The summed E-state index contributed by atoms with van der Waals surface area (Å²) in [5.41, 5.74) is 17.2. The molecule has 0 bridgehead atoms. The number of piperazine rings is 1. The second-order valence-corrected chi connectivity index (χ2v) is 31.3. The van der Waals surface area contributed by atoms with E-state index in [4.69, 9.17) is 10.5 Å². The molecule has 5 N–H and O–H groups in total. The number of ether oxygens (including phenoxy) is 1. The molecule has 4 heterocycles. The van der Waals surface area contributed by atoms with Crippen molar-refractivity contribution in [2.45, 2.75) is 138 Å². The molecule has 544 valence electrons. The summed E-state index contributed by atoms with van der Waals surface area (Å²) >= 11 is 0. The predicted octanol–water partition coefficient (Wildman–Crippen LogP) is 14.0. The number of benzene rings is 7. The van der Waals surface area contributed by atoms with Crippen molar-refractivity contribution in [3.05, 3.63) is 269 Å². The van der Waals surface area contributed by atoms with Crippen LogP contribution in [0.3, 0.4) is 0 Å². The van der Waals surface area contributed by atoms with Gasteiger partial charge >= 0.3 is 0 Å². The smallest absolute Gasteiger partial charge is 0.267 e. The Morgan fingerprint density at radius 2 is 1.20 bits per heavy atom. The molecule has 4 aliphatic carbocycles. The third-order valence-electron chi connectivity index (χ3n) is 21.4. The van der Waals surface area contributed by atoms with Gasteiger partial charge in [0.25, 0.3) is 10.0 Å². The van der Waals surface area contributed by atoms with Gasteiger partial charge in [-0.2, -0.15) is 5.10 Å². The molecule has 2 aromatic heterocycles. The molecule has 0 spiro atoms. The number of allylic oxidation sites excluding steroid dienone is 1. The zero-order valence-electron chi connectivity index (χ0n) is 60.9. The number of hydrogen-bond donors (Lipinski definition) is 4. The number of carbonyl (C=O) groups is 3. The van der Waals surface area contributed by atoms with Gasteiger partial charge in [0.15, 0.2) is 11.6 Å². The number of nitrogens with two attached hydrogens (primary N) is 1. The van der Waals surface area contributed by atoms with Gasteiger partial charge in [0.1, 0.15) is 12.4 Å². The molecule has 9 aromatic rings. The number of aromatic nitrogens is 3. The van der Waals surface area contributed by atoms with Crippen LogP contribution in [0, 0.1) is 11.8 Å². The number of ketones is 2. The SMILES string of the molecule is CC(=O)c1ccc(CN2CCC(CN[C@@H]3CC3c3ccccc3)CC2)cc1.CC1CCC(N[C@@H]2CC2c2ccccc2)CC1.CN1CCN(C(=O)CN[C@@H]2CC2c2ccc(OCc3ccccc3)cc2)CC1.Cn1cc(-c2ccc(S(=O)(=O)n3ccc(/C=C/C(=O)Cc4ccccc4N)c3)cc2)cn1. The number of anilines is 1. The Bertz CT molecular complexity index is 4330. The maximum absolute atomic E-state index is 13.0. The van der Waals surface area contributed by atoms with Crippen LogP contribution in [-0.2, 0) is 46.2 Å². The second kappa shape index (κ2) is 36.1. The molecule has 1 amide bonds. The first-order valence-electron chi connectivity index (χ1n) is 37.5. The van der Waals surface area contributed by atoms with Gasteiger partial charge in [0.05, 0.1) is 17.6 Å². The number of para-hydroxylation sites is 1. The Labute approximate surface area is 616 Å². The largest absolute Gasteiger partial charge is 0.489 e. The van der Waals surface area contributed by atoms with Crippen LogP contribution in [0.25, 0.3) is 17.2 Å². The lowest BCUT2D eigenvalue weighted by atomic mass is 9.87. The average Bonchev–Trinajstić information content (AvgIpc) is 1.33. The summed E-state index contributed by atoms with van der Waals surface area (Å²) in [4.78, 5) is 42.9. The van der Waals surface area contributed by atoms with Crippen molar-refractivity contribution in [1.82, 2.24) is 44.4 Å². The summed E-state index contributed by atoms with van der Waals surface area (Å²) in [5.74, 6) is 4.91. The van der Waals surface area contributed by atoms with E-state index in [1.807, 2.05) is 78.8 Å². The van der Waals surface area contributed by atoms with E-state index >= 15 is 0 Å². The third-order valence-corrected chi connectivity index (χ3v) is 23.1. The molecule has 6 fully saturated rings. The van der Waals surface area contributed by atoms with E-state index in [2.05, 4.69) is 142 Å². The number of rotatable bonds is 24. The minimum atomic E-state index is -3.74. The zero-order valence-corrected chi connectivity index (χ0v) is 61.7. The molecule has 3 unspecified atom stereocenters. The molecule has 6 atom stereocenters. The minimum Gasteiger partial charge on any atom is -0.489 e. The van der Waals surface area contributed by atoms with E-state index in [0.717, 1.165) is 113 Å². The van der Waals surface area contributed by atoms with E-state index in [-0.39, 0.29) is 28.8 Å². The van der Waals surface area contributed by atoms with Gasteiger partial charge in [-0.15, -0.1) is 0 Å². The number of likely N-dealkylation sites (N-methyl/N-ethyl adjacent to an activating group) is 1. The van der Waals surface area contributed by atoms with Gasteiger partial charge in [-0.1, -0.05) is 165 Å². The van der Waals surface area contributed by atoms with Gasteiger partial charge in [-0.05, 0) is 196 Å². The molecular weight excluding hydrogens is 1310 g/mol. The molecule has 15 rings (SSSR count). The van der Waals surface area contributed by atoms with E-state index in [9.17, 15) is 22.8 Å². The fourth-order valence-corrected chi connectivity index (χ4v) is 15.7. The number of amides is 1. The van der Waals surface area contributed by atoms with Crippen LogP contribution in [0.5, 0.6) is 5.75 Å². The van der Waals surface area contributed by atoms with Gasteiger partial charge in [-0.25, -0.2) is 12.4 Å². The Hall–Kier alpha value is -9.07. The van der Waals surface area contributed by atoms with Gasteiger partial charge < -0.3 is 36.2 Å². The predicted molar refractivity (Wildman–Crippen MR) is 417 cm³/mol. The summed E-state index contributed by atoms with van der Waals surface area (Å²) < 4.78 is 34.6. The van der Waals surface area contributed by atoms with Crippen LogP contribution < -0.4 is 26.4 Å². The van der Waals surface area contributed by atoms with Crippen molar-refractivity contribution < 1.29 is 27.5 Å². The Morgan fingerprint density at radius 3 is 1.83 bits per heavy atom. The van der Waals surface area contributed by atoms with Crippen LogP contribution in [0.1, 0.15) is 139 Å². The lowest BCUT2D eigenvalue weighted by Gasteiger charge is -2.32. The van der Waals surface area contributed by atoms with Crippen molar-refractivity contribution in [2.24, 2.45) is 18.9 Å². The highest BCUT2D eigenvalue weighted by molar-refractivity contribution is 7.90. The normalized spacial score (nSPS) is 21.6. The number of nitrogens with zero attached hydrogens (tertiary/aromatic N) is 6. The monoisotopic (exact) mass is 1420 g/mol. The van der Waals surface area contributed by atoms with Crippen LogP contribution in [0.2, 0.25) is 0 Å². The van der Waals surface area contributed by atoms with Crippen molar-refractivity contribution >= 4 is 39.3 Å². The standard InChI is InChI=1S/C24H22N4O3S.C24H30N2O.C23H29N3O2.C16H23N/c1-27-17-21(15-26-27)19-7-10-23(11-8-19)32(30,31)28-13-12-18(16-28)6-9-22(29)14-20-4-2-3-5-24(20)25;1-18(27)21-9-7-20(8-10-21)17-26-13-11-19(12-14-26)16-25-24-15-23(24)22-5-3-2-4-6-22;1-25-11-13-26(14-12-25)23(27)16-24-22-15-21(22)19-7-9-20(10-8-19)28-17-18-5-3-2-4-6-18;1-12-7-9-14(10-8-12)17-16-11-15(16)13-5-3-2-4-6-13/h2-13,15-17H,14,25H2,1H3;2-10,19,23-25H,11-17H2,1H3;2-10,21-22,24H,11-17H2,1H3;2-6,12,14-17H,7-11H2,1H3/b9-6+;;;/t;23?,24-;21?,22-;12?,14?,15?,16-/m.111/s1. The number of nitrogens with one attached hydrogen (secondary N) is 3. The average molecular weight is 1420 g/mol. The summed E-state index contributed by atoms with van der Waals surface area (Å²) in [6.07, 6.45) is 21.6. The molecular formula is C87H104N10O6S. The van der Waals surface area contributed by atoms with Gasteiger partial charge in [-0.3, -0.25) is 24.0 Å². The first-order chi connectivity index (χ1) is 50.5. The lowest BCUT2D eigenvalue weighted by Crippen LogP contribution is -2.49. The Balaban J connectivity index is 0.000000133. The molecule has 4 saturated carbocycles. The van der Waals surface area contributed by atoms with E-state index in [1.165, 1.54) is 111 Å². The maximum Gasteiger partial charge on any atom is 0.267 e. The van der Waals surface area contributed by atoms with Crippen molar-refractivity contribution in [3.63, 3.8) is 0 Å². The maximum atomic E-state index is 13.0. The van der Waals surface area contributed by atoms with Crippen molar-refractivity contribution in [3.8, 4) is 16.9 Å².